The number of nitrogens with one attached hydrogen (secondary N) is 1. The normalized spacial score (nSPS) is 11.8. The van der Waals surface area contributed by atoms with E-state index in [9.17, 15) is 4.79 Å². The minimum Gasteiger partial charge on any atom is -0.370 e. The molecule has 2 aromatic heterocycles. The van der Waals surface area contributed by atoms with Gasteiger partial charge in [0, 0.05) is 18.2 Å². The number of benzene rings is 1. The molecule has 0 unspecified atom stereocenters. The molecule has 2 heterocycles. The summed E-state index contributed by atoms with van der Waals surface area (Å²) in [6, 6.07) is 16.7. The lowest BCUT2D eigenvalue weighted by molar-refractivity contribution is -0.692. The average molecular weight is 402 g/mol. The SMILES string of the molecule is Cc1ccc[n+]([C@@H](C(=O)c2ccc(Cl)s2)C(=S)NCc2ccccc2)c1. The van der Waals surface area contributed by atoms with E-state index in [2.05, 4.69) is 5.32 Å². The summed E-state index contributed by atoms with van der Waals surface area (Å²) < 4.78 is 2.44. The monoisotopic (exact) mass is 401 g/mol. The van der Waals surface area contributed by atoms with Crippen molar-refractivity contribution in [2.75, 3.05) is 0 Å². The fraction of sp³-hybridized carbons (Fsp3) is 0.150. The van der Waals surface area contributed by atoms with Crippen molar-refractivity contribution in [3.05, 3.63) is 87.3 Å². The predicted octanol–water partition coefficient (Wildman–Crippen LogP) is 4.54. The van der Waals surface area contributed by atoms with Crippen LogP contribution in [0.2, 0.25) is 4.34 Å². The topological polar surface area (TPSA) is 33.0 Å². The lowest BCUT2D eigenvalue weighted by Crippen LogP contribution is -2.51. The number of pyridine rings is 1. The number of hydrogen-bond acceptors (Lipinski definition) is 3. The first-order valence-electron chi connectivity index (χ1n) is 8.13. The first kappa shape index (κ1) is 18.7. The molecule has 0 aliphatic heterocycles. The van der Waals surface area contributed by atoms with Crippen LogP contribution in [0.1, 0.15) is 26.8 Å². The van der Waals surface area contributed by atoms with Gasteiger partial charge < -0.3 is 5.32 Å². The van der Waals surface area contributed by atoms with Gasteiger partial charge in [-0.05, 0) is 30.7 Å². The number of thiophene rings is 1. The molecule has 0 spiro atoms. The minimum absolute atomic E-state index is 0.0666. The van der Waals surface area contributed by atoms with Gasteiger partial charge in [-0.15, -0.1) is 11.3 Å². The number of halogens is 1. The Morgan fingerprint density at radius 1 is 1.19 bits per heavy atom. The molecule has 0 saturated carbocycles. The highest BCUT2D eigenvalue weighted by Crippen LogP contribution is 2.24. The Balaban J connectivity index is 1.87. The number of aromatic nitrogens is 1. The molecular weight excluding hydrogens is 384 g/mol. The largest absolute Gasteiger partial charge is 0.370 e. The average Bonchev–Trinajstić information content (AvgIpc) is 3.07. The van der Waals surface area contributed by atoms with Gasteiger partial charge in [-0.1, -0.05) is 54.2 Å². The molecule has 26 heavy (non-hydrogen) atoms. The Morgan fingerprint density at radius 3 is 2.62 bits per heavy atom. The number of aryl methyl sites for hydroxylation is 1. The first-order chi connectivity index (χ1) is 12.5. The lowest BCUT2D eigenvalue weighted by atomic mass is 10.1. The van der Waals surface area contributed by atoms with Gasteiger partial charge in [0.15, 0.2) is 17.4 Å². The molecule has 6 heteroatoms. The standard InChI is InChI=1S/C20H17ClN2OS2/c1-14-6-5-11-23(13-14)18(19(24)16-9-10-17(21)26-16)20(25)22-12-15-7-3-2-4-8-15/h2-11,13,18H,12H2,1H3/p+1/t18-/m0/s1. The van der Waals surface area contributed by atoms with Crippen molar-refractivity contribution in [2.45, 2.75) is 19.5 Å². The summed E-state index contributed by atoms with van der Waals surface area (Å²) in [6.07, 6.45) is 3.79. The van der Waals surface area contributed by atoms with Crippen LogP contribution in [0.3, 0.4) is 0 Å². The molecule has 3 aromatic rings. The molecule has 0 aliphatic rings. The summed E-state index contributed by atoms with van der Waals surface area (Å²) in [5.74, 6) is -0.0666. The van der Waals surface area contributed by atoms with Crippen LogP contribution < -0.4 is 9.88 Å². The first-order valence-corrected chi connectivity index (χ1v) is 9.73. The molecular formula is C20H18ClN2OS2+. The molecule has 0 saturated heterocycles. The second kappa shape index (κ2) is 8.54. The van der Waals surface area contributed by atoms with E-state index in [1.54, 1.807) is 12.1 Å². The van der Waals surface area contributed by atoms with Crippen molar-refractivity contribution in [3.8, 4) is 0 Å². The second-order valence-electron chi connectivity index (χ2n) is 5.90. The van der Waals surface area contributed by atoms with Gasteiger partial charge in [-0.3, -0.25) is 4.79 Å². The van der Waals surface area contributed by atoms with E-state index in [0.717, 1.165) is 11.1 Å². The van der Waals surface area contributed by atoms with E-state index in [-0.39, 0.29) is 5.78 Å². The van der Waals surface area contributed by atoms with Crippen molar-refractivity contribution in [1.82, 2.24) is 5.32 Å². The number of carbonyl (C=O) groups is 1. The number of ketones is 1. The van der Waals surface area contributed by atoms with Crippen LogP contribution in [0.4, 0.5) is 0 Å². The Kier molecular flexibility index (Phi) is 6.14. The van der Waals surface area contributed by atoms with Gasteiger partial charge >= 0.3 is 0 Å². The van der Waals surface area contributed by atoms with Gasteiger partial charge in [0.25, 0.3) is 6.04 Å². The van der Waals surface area contributed by atoms with Crippen LogP contribution >= 0.6 is 35.2 Å². The van der Waals surface area contributed by atoms with Crippen molar-refractivity contribution >= 4 is 45.9 Å². The smallest absolute Gasteiger partial charge is 0.271 e. The van der Waals surface area contributed by atoms with Crippen LogP contribution in [0.25, 0.3) is 0 Å². The molecule has 0 radical (unpaired) electrons. The Hall–Kier alpha value is -2.08. The number of thiocarbonyl (C=S) groups is 1. The van der Waals surface area contributed by atoms with E-state index in [1.165, 1.54) is 11.3 Å². The number of Topliss-reactive ketones (excluding diaryl/α,β-unsaturated/α-hetero) is 1. The van der Waals surface area contributed by atoms with E-state index in [0.29, 0.717) is 20.7 Å². The molecule has 1 N–H and O–H groups in total. The summed E-state index contributed by atoms with van der Waals surface area (Å²) in [4.78, 5) is 14.2. The van der Waals surface area contributed by atoms with Crippen LogP contribution in [0, 0.1) is 6.92 Å². The van der Waals surface area contributed by atoms with E-state index >= 15 is 0 Å². The fourth-order valence-corrected chi connectivity index (χ4v) is 3.94. The molecule has 3 nitrogen and oxygen atoms in total. The molecule has 0 fully saturated rings. The highest BCUT2D eigenvalue weighted by molar-refractivity contribution is 7.80. The maximum atomic E-state index is 13.1. The van der Waals surface area contributed by atoms with Crippen LogP contribution in [0.15, 0.2) is 67.0 Å². The van der Waals surface area contributed by atoms with Gasteiger partial charge in [0.2, 0.25) is 5.78 Å². The quantitative estimate of drug-likeness (QED) is 0.374. The number of hydrogen-bond donors (Lipinski definition) is 1. The third-order valence-corrected chi connectivity index (χ3v) is 5.50. The van der Waals surface area contributed by atoms with Crippen LogP contribution in [0.5, 0.6) is 0 Å². The summed E-state index contributed by atoms with van der Waals surface area (Å²) in [5, 5.41) is 3.24. The van der Waals surface area contributed by atoms with Gasteiger partial charge in [0.05, 0.1) is 9.21 Å². The van der Waals surface area contributed by atoms with Crippen molar-refractivity contribution in [2.24, 2.45) is 0 Å². The van der Waals surface area contributed by atoms with Gasteiger partial charge in [0.1, 0.15) is 0 Å². The molecule has 3 rings (SSSR count). The zero-order chi connectivity index (χ0) is 18.5. The van der Waals surface area contributed by atoms with Crippen molar-refractivity contribution in [1.29, 1.82) is 0 Å². The maximum absolute atomic E-state index is 13.1. The van der Waals surface area contributed by atoms with Crippen LogP contribution in [-0.2, 0) is 6.54 Å². The third-order valence-electron chi connectivity index (χ3n) is 3.89. The van der Waals surface area contributed by atoms with E-state index in [1.807, 2.05) is 66.3 Å². The summed E-state index contributed by atoms with van der Waals surface area (Å²) in [5.41, 5.74) is 2.16. The number of carbonyl (C=O) groups excluding carboxylic acids is 1. The fourth-order valence-electron chi connectivity index (χ4n) is 2.63. The van der Waals surface area contributed by atoms with E-state index in [4.69, 9.17) is 23.8 Å². The zero-order valence-electron chi connectivity index (χ0n) is 14.2. The molecule has 0 aliphatic carbocycles. The maximum Gasteiger partial charge on any atom is 0.271 e. The Labute approximate surface area is 167 Å². The molecule has 1 atom stereocenters. The highest BCUT2D eigenvalue weighted by atomic mass is 35.5. The molecule has 0 bridgehead atoms. The second-order valence-corrected chi connectivity index (χ2v) is 8.06. The lowest BCUT2D eigenvalue weighted by Gasteiger charge is -2.14. The molecule has 132 valence electrons. The Morgan fingerprint density at radius 2 is 1.96 bits per heavy atom. The molecule has 1 aromatic carbocycles. The number of rotatable bonds is 6. The summed E-state index contributed by atoms with van der Waals surface area (Å²) in [6.45, 7) is 2.56. The Bertz CT molecular complexity index is 924. The van der Waals surface area contributed by atoms with Crippen LogP contribution in [-0.4, -0.2) is 10.8 Å². The number of nitrogens with zero attached hydrogens (tertiary/aromatic N) is 1. The van der Waals surface area contributed by atoms with Crippen molar-refractivity contribution in [3.63, 3.8) is 0 Å². The molecule has 0 amide bonds. The zero-order valence-corrected chi connectivity index (χ0v) is 16.6. The minimum atomic E-state index is -0.608. The van der Waals surface area contributed by atoms with Gasteiger partial charge in [-0.2, -0.15) is 4.57 Å². The predicted molar refractivity (Wildman–Crippen MR) is 110 cm³/mol. The summed E-state index contributed by atoms with van der Waals surface area (Å²) in [7, 11) is 0. The highest BCUT2D eigenvalue weighted by Gasteiger charge is 2.34. The van der Waals surface area contributed by atoms with Crippen molar-refractivity contribution < 1.29 is 9.36 Å². The third kappa shape index (κ3) is 4.55. The summed E-state index contributed by atoms with van der Waals surface area (Å²) >= 11 is 12.9. The van der Waals surface area contributed by atoms with Gasteiger partial charge in [-0.25, -0.2) is 0 Å². The van der Waals surface area contributed by atoms with E-state index < -0.39 is 6.04 Å².